The molecule has 1 aromatic rings. The summed E-state index contributed by atoms with van der Waals surface area (Å²) in [4.78, 5) is 10.8. The maximum Gasteiger partial charge on any atom is 0.306 e. The van der Waals surface area contributed by atoms with Crippen molar-refractivity contribution in [3.63, 3.8) is 0 Å². The Morgan fingerprint density at radius 1 is 1.22 bits per heavy atom. The Kier molecular flexibility index (Phi) is 3.34. The summed E-state index contributed by atoms with van der Waals surface area (Å²) in [6.45, 7) is 0. The van der Waals surface area contributed by atoms with Crippen molar-refractivity contribution < 1.29 is 23.8 Å². The normalized spacial score (nSPS) is 28.1. The van der Waals surface area contributed by atoms with Crippen molar-refractivity contribution >= 4 is 5.97 Å². The molecule has 5 heteroatoms. The fraction of sp³-hybridized carbons (Fsp3) is 0.462. The van der Waals surface area contributed by atoms with Gasteiger partial charge in [0, 0.05) is 0 Å². The summed E-state index contributed by atoms with van der Waals surface area (Å²) >= 11 is 0. The lowest BCUT2D eigenvalue weighted by Crippen LogP contribution is -2.33. The maximum atomic E-state index is 13.1. The molecule has 0 unspecified atom stereocenters. The zero-order valence-corrected chi connectivity index (χ0v) is 9.70. The Morgan fingerprint density at radius 3 is 2.33 bits per heavy atom. The SMILES string of the molecule is O=C(O)C1CCC(O)(c2ccc(F)c(F)c2)CC1. The van der Waals surface area contributed by atoms with E-state index in [2.05, 4.69) is 0 Å². The predicted octanol–water partition coefficient (Wildman–Crippen LogP) is 2.43. The molecule has 0 saturated heterocycles. The molecule has 0 aromatic heterocycles. The zero-order valence-electron chi connectivity index (χ0n) is 9.70. The van der Waals surface area contributed by atoms with E-state index in [1.54, 1.807) is 0 Å². The Bertz CT molecular complexity index is 465. The number of carbonyl (C=O) groups is 1. The minimum absolute atomic E-state index is 0.245. The molecular formula is C13H14F2O3. The summed E-state index contributed by atoms with van der Waals surface area (Å²) < 4.78 is 26.0. The second-order valence-electron chi connectivity index (χ2n) is 4.77. The number of hydrogen-bond donors (Lipinski definition) is 2. The fourth-order valence-corrected chi connectivity index (χ4v) is 2.42. The molecule has 1 aliphatic rings. The molecule has 3 nitrogen and oxygen atoms in total. The molecule has 0 atom stereocenters. The maximum absolute atomic E-state index is 13.1. The van der Waals surface area contributed by atoms with Gasteiger partial charge in [-0.1, -0.05) is 6.07 Å². The molecule has 0 spiro atoms. The van der Waals surface area contributed by atoms with E-state index in [1.165, 1.54) is 6.07 Å². The van der Waals surface area contributed by atoms with Crippen molar-refractivity contribution in [3.05, 3.63) is 35.4 Å². The number of carboxylic acids is 1. The van der Waals surface area contributed by atoms with Crippen LogP contribution in [0.3, 0.4) is 0 Å². The van der Waals surface area contributed by atoms with Crippen molar-refractivity contribution in [2.75, 3.05) is 0 Å². The summed E-state index contributed by atoms with van der Waals surface area (Å²) in [5.41, 5.74) is -0.939. The first-order valence-electron chi connectivity index (χ1n) is 5.83. The highest BCUT2D eigenvalue weighted by atomic mass is 19.2. The highest BCUT2D eigenvalue weighted by Crippen LogP contribution is 2.39. The van der Waals surface area contributed by atoms with Crippen molar-refractivity contribution in [1.82, 2.24) is 0 Å². The van der Waals surface area contributed by atoms with E-state index in [0.29, 0.717) is 18.4 Å². The van der Waals surface area contributed by atoms with E-state index in [-0.39, 0.29) is 12.8 Å². The Labute approximate surface area is 103 Å². The highest BCUT2D eigenvalue weighted by molar-refractivity contribution is 5.70. The number of benzene rings is 1. The minimum Gasteiger partial charge on any atom is -0.481 e. The van der Waals surface area contributed by atoms with Crippen LogP contribution >= 0.6 is 0 Å². The Balaban J connectivity index is 2.18. The first-order valence-corrected chi connectivity index (χ1v) is 5.83. The Hall–Kier alpha value is -1.49. The van der Waals surface area contributed by atoms with Gasteiger partial charge >= 0.3 is 5.97 Å². The zero-order chi connectivity index (χ0) is 13.3. The molecule has 0 aliphatic heterocycles. The van der Waals surface area contributed by atoms with Crippen LogP contribution in [0.4, 0.5) is 8.78 Å². The van der Waals surface area contributed by atoms with E-state index >= 15 is 0 Å². The van der Waals surface area contributed by atoms with Gasteiger partial charge in [-0.25, -0.2) is 8.78 Å². The van der Waals surface area contributed by atoms with Gasteiger partial charge in [0.25, 0.3) is 0 Å². The average molecular weight is 256 g/mol. The standard InChI is InChI=1S/C13H14F2O3/c14-10-2-1-9(7-11(10)15)13(18)5-3-8(4-6-13)12(16)17/h1-2,7-8,18H,3-6H2,(H,16,17). The molecule has 1 saturated carbocycles. The number of hydrogen-bond acceptors (Lipinski definition) is 2. The van der Waals surface area contributed by atoms with Crippen LogP contribution in [0.15, 0.2) is 18.2 Å². The number of aliphatic hydroxyl groups is 1. The largest absolute Gasteiger partial charge is 0.481 e. The van der Waals surface area contributed by atoms with Gasteiger partial charge in [-0.2, -0.15) is 0 Å². The molecule has 2 N–H and O–H groups in total. The third-order valence-corrected chi connectivity index (χ3v) is 3.62. The lowest BCUT2D eigenvalue weighted by Gasteiger charge is -2.35. The number of halogens is 2. The number of carboxylic acid groups (broad SMARTS) is 1. The van der Waals surface area contributed by atoms with Gasteiger partial charge in [-0.05, 0) is 43.4 Å². The van der Waals surface area contributed by atoms with Crippen LogP contribution in [-0.4, -0.2) is 16.2 Å². The van der Waals surface area contributed by atoms with Crippen molar-refractivity contribution in [1.29, 1.82) is 0 Å². The third kappa shape index (κ3) is 2.36. The lowest BCUT2D eigenvalue weighted by molar-refractivity contribution is -0.145. The molecule has 1 aromatic carbocycles. The predicted molar refractivity (Wildman–Crippen MR) is 59.8 cm³/mol. The molecule has 0 amide bonds. The number of aliphatic carboxylic acids is 1. The van der Waals surface area contributed by atoms with E-state index in [4.69, 9.17) is 5.11 Å². The third-order valence-electron chi connectivity index (χ3n) is 3.62. The molecule has 1 fully saturated rings. The summed E-state index contributed by atoms with van der Waals surface area (Å²) in [6, 6.07) is 3.31. The lowest BCUT2D eigenvalue weighted by atomic mass is 9.75. The summed E-state index contributed by atoms with van der Waals surface area (Å²) in [7, 11) is 0. The first kappa shape index (κ1) is 13.0. The first-order chi connectivity index (χ1) is 8.42. The monoisotopic (exact) mass is 256 g/mol. The van der Waals surface area contributed by atoms with Gasteiger partial charge < -0.3 is 10.2 Å². The Morgan fingerprint density at radius 2 is 1.83 bits per heavy atom. The van der Waals surface area contributed by atoms with E-state index in [9.17, 15) is 18.7 Å². The summed E-state index contributed by atoms with van der Waals surface area (Å²) in [5.74, 6) is -3.29. The highest BCUT2D eigenvalue weighted by Gasteiger charge is 2.37. The van der Waals surface area contributed by atoms with Crippen LogP contribution in [0, 0.1) is 17.6 Å². The molecule has 18 heavy (non-hydrogen) atoms. The molecule has 0 bridgehead atoms. The molecule has 98 valence electrons. The van der Waals surface area contributed by atoms with Gasteiger partial charge in [0.2, 0.25) is 0 Å². The minimum atomic E-state index is -1.25. The average Bonchev–Trinajstić information content (AvgIpc) is 2.33. The smallest absolute Gasteiger partial charge is 0.306 e. The van der Waals surface area contributed by atoms with Crippen LogP contribution in [0.5, 0.6) is 0 Å². The molecule has 0 heterocycles. The van der Waals surface area contributed by atoms with Gasteiger partial charge in [0.15, 0.2) is 11.6 Å². The van der Waals surface area contributed by atoms with Gasteiger partial charge in [-0.3, -0.25) is 4.79 Å². The second-order valence-corrected chi connectivity index (χ2v) is 4.77. The number of rotatable bonds is 2. The molecule has 0 radical (unpaired) electrons. The molecule has 1 aliphatic carbocycles. The topological polar surface area (TPSA) is 57.5 Å². The van der Waals surface area contributed by atoms with Crippen molar-refractivity contribution in [2.24, 2.45) is 5.92 Å². The van der Waals surface area contributed by atoms with Crippen LogP contribution in [0.1, 0.15) is 31.2 Å². The van der Waals surface area contributed by atoms with E-state index in [1.807, 2.05) is 0 Å². The van der Waals surface area contributed by atoms with Gasteiger partial charge in [-0.15, -0.1) is 0 Å². The van der Waals surface area contributed by atoms with Crippen LogP contribution in [0.25, 0.3) is 0 Å². The van der Waals surface area contributed by atoms with Crippen molar-refractivity contribution in [2.45, 2.75) is 31.3 Å². The molecule has 2 rings (SSSR count). The second kappa shape index (κ2) is 4.65. The summed E-state index contributed by atoms with van der Waals surface area (Å²) in [6.07, 6.45) is 1.17. The van der Waals surface area contributed by atoms with Crippen LogP contribution < -0.4 is 0 Å². The van der Waals surface area contributed by atoms with E-state index < -0.39 is 29.1 Å². The van der Waals surface area contributed by atoms with E-state index in [0.717, 1.165) is 12.1 Å². The summed E-state index contributed by atoms with van der Waals surface area (Å²) in [5, 5.41) is 19.2. The quantitative estimate of drug-likeness (QED) is 0.854. The van der Waals surface area contributed by atoms with Crippen LogP contribution in [-0.2, 0) is 10.4 Å². The van der Waals surface area contributed by atoms with Gasteiger partial charge in [0.05, 0.1) is 11.5 Å². The van der Waals surface area contributed by atoms with Crippen LogP contribution in [0.2, 0.25) is 0 Å². The van der Waals surface area contributed by atoms with Crippen molar-refractivity contribution in [3.8, 4) is 0 Å². The fourth-order valence-electron chi connectivity index (χ4n) is 2.42. The van der Waals surface area contributed by atoms with Gasteiger partial charge in [0.1, 0.15) is 0 Å². The molecular weight excluding hydrogens is 242 g/mol.